The third-order valence-electron chi connectivity index (χ3n) is 5.07. The maximum Gasteiger partial charge on any atom is 0.107 e. The van der Waals surface area contributed by atoms with Gasteiger partial charge in [0.05, 0.1) is 5.71 Å². The highest BCUT2D eigenvalue weighted by molar-refractivity contribution is 6.10. The lowest BCUT2D eigenvalue weighted by atomic mass is 10.1. The van der Waals surface area contributed by atoms with Crippen molar-refractivity contribution in [2.75, 3.05) is 43.9 Å². The van der Waals surface area contributed by atoms with E-state index >= 15 is 0 Å². The molecule has 2 aromatic rings. The molecular formula is C24H34N6. The first-order chi connectivity index (χ1) is 14.6. The van der Waals surface area contributed by atoms with Gasteiger partial charge in [-0.3, -0.25) is 10.4 Å². The third-order valence-corrected chi connectivity index (χ3v) is 5.07. The summed E-state index contributed by atoms with van der Waals surface area (Å²) in [6, 6.07) is 12.1. The Morgan fingerprint density at radius 1 is 1.17 bits per heavy atom. The summed E-state index contributed by atoms with van der Waals surface area (Å²) < 4.78 is 0. The molecular weight excluding hydrogens is 372 g/mol. The molecule has 0 radical (unpaired) electrons. The summed E-state index contributed by atoms with van der Waals surface area (Å²) in [6.07, 6.45) is 7.79. The third kappa shape index (κ3) is 7.44. The summed E-state index contributed by atoms with van der Waals surface area (Å²) in [4.78, 5) is 13.0. The number of rotatable bonds is 7. The number of nitrogens with one attached hydrogen (secondary N) is 1. The number of piperazine rings is 1. The fourth-order valence-electron chi connectivity index (χ4n) is 3.15. The van der Waals surface area contributed by atoms with Crippen LogP contribution in [0.3, 0.4) is 0 Å². The second kappa shape index (κ2) is 12.5. The van der Waals surface area contributed by atoms with Crippen molar-refractivity contribution in [3.8, 4) is 0 Å². The number of hydrogen-bond acceptors (Lipinski definition) is 5. The zero-order valence-electron chi connectivity index (χ0n) is 18.2. The number of unbranched alkanes of at least 4 members (excludes halogenated alkanes) is 1. The quantitative estimate of drug-likeness (QED) is 0.413. The molecule has 160 valence electrons. The van der Waals surface area contributed by atoms with E-state index in [1.807, 2.05) is 24.3 Å². The van der Waals surface area contributed by atoms with E-state index in [9.17, 15) is 0 Å². The molecule has 1 aliphatic heterocycles. The second-order valence-corrected chi connectivity index (χ2v) is 7.37. The van der Waals surface area contributed by atoms with Crippen LogP contribution in [0.5, 0.6) is 0 Å². The fourth-order valence-corrected chi connectivity index (χ4v) is 3.15. The molecule has 1 saturated heterocycles. The molecule has 1 aliphatic rings. The van der Waals surface area contributed by atoms with Gasteiger partial charge in [0.1, 0.15) is 6.34 Å². The number of nitrogen functional groups attached to an aromatic ring is 1. The number of likely N-dealkylation sites (N-methyl/N-ethyl adjacent to an activating group) is 1. The van der Waals surface area contributed by atoms with Gasteiger partial charge in [0.15, 0.2) is 0 Å². The molecule has 0 aliphatic carbocycles. The van der Waals surface area contributed by atoms with Crippen molar-refractivity contribution in [1.82, 2.24) is 9.88 Å². The van der Waals surface area contributed by atoms with Crippen molar-refractivity contribution in [1.29, 1.82) is 5.41 Å². The Morgan fingerprint density at radius 3 is 2.40 bits per heavy atom. The summed E-state index contributed by atoms with van der Waals surface area (Å²) in [5.41, 5.74) is 10.5. The Morgan fingerprint density at radius 2 is 1.87 bits per heavy atom. The Bertz CT molecular complexity index is 803. The molecule has 6 nitrogen and oxygen atoms in total. The summed E-state index contributed by atoms with van der Waals surface area (Å²) in [5, 5.41) is 6.94. The molecule has 0 saturated carbocycles. The number of nitrogens with zero attached hydrogens (tertiary/aromatic N) is 4. The molecule has 3 N–H and O–H groups in total. The summed E-state index contributed by atoms with van der Waals surface area (Å²) in [7, 11) is 2.17. The molecule has 0 bridgehead atoms. The van der Waals surface area contributed by atoms with E-state index < -0.39 is 0 Å². The highest BCUT2D eigenvalue weighted by Gasteiger charge is 2.13. The van der Waals surface area contributed by atoms with Gasteiger partial charge in [-0.2, -0.15) is 0 Å². The van der Waals surface area contributed by atoms with Crippen LogP contribution in [0.25, 0.3) is 0 Å². The molecule has 1 aromatic heterocycles. The number of aryl methyl sites for hydroxylation is 1. The van der Waals surface area contributed by atoms with Crippen molar-refractivity contribution < 1.29 is 0 Å². The van der Waals surface area contributed by atoms with Gasteiger partial charge in [0.2, 0.25) is 0 Å². The van der Waals surface area contributed by atoms with Crippen molar-refractivity contribution in [3.63, 3.8) is 0 Å². The lowest BCUT2D eigenvalue weighted by Gasteiger charge is -2.34. The van der Waals surface area contributed by atoms with Crippen molar-refractivity contribution in [2.45, 2.75) is 26.2 Å². The number of aliphatic imine (C=N–C) groups is 1. The van der Waals surface area contributed by atoms with Crippen LogP contribution in [0.15, 0.2) is 60.2 Å². The van der Waals surface area contributed by atoms with Gasteiger partial charge >= 0.3 is 0 Å². The lowest BCUT2D eigenvalue weighted by Crippen LogP contribution is -2.44. The molecule has 0 unspecified atom stereocenters. The van der Waals surface area contributed by atoms with Gasteiger partial charge in [-0.05, 0) is 62.4 Å². The van der Waals surface area contributed by atoms with Crippen LogP contribution in [-0.4, -0.2) is 55.2 Å². The number of pyridine rings is 1. The van der Waals surface area contributed by atoms with E-state index in [0.29, 0.717) is 5.71 Å². The first kappa shape index (κ1) is 23.3. The van der Waals surface area contributed by atoms with Crippen LogP contribution in [-0.2, 0) is 6.42 Å². The number of allylic oxidation sites excluding steroid dienone is 1. The summed E-state index contributed by atoms with van der Waals surface area (Å²) in [6.45, 7) is 10.3. The SMILES string of the molecule is C=CC(=NC=N)c1ccc(CCCC)nc1.CN1CCN(c2ccc(N)cc2)CC1. The second-order valence-electron chi connectivity index (χ2n) is 7.37. The molecule has 2 heterocycles. The van der Waals surface area contributed by atoms with Crippen LogP contribution in [0.1, 0.15) is 31.0 Å². The van der Waals surface area contributed by atoms with E-state index in [2.05, 4.69) is 52.5 Å². The average Bonchev–Trinajstić information content (AvgIpc) is 2.78. The minimum Gasteiger partial charge on any atom is -0.399 e. The zero-order valence-corrected chi connectivity index (χ0v) is 18.2. The van der Waals surface area contributed by atoms with Gasteiger partial charge in [-0.1, -0.05) is 19.9 Å². The molecule has 0 amide bonds. The van der Waals surface area contributed by atoms with Gasteiger partial charge in [0, 0.05) is 55.0 Å². The van der Waals surface area contributed by atoms with Crippen LogP contribution >= 0.6 is 0 Å². The zero-order chi connectivity index (χ0) is 21.8. The van der Waals surface area contributed by atoms with Gasteiger partial charge < -0.3 is 15.5 Å². The minimum absolute atomic E-state index is 0.685. The molecule has 1 fully saturated rings. The number of benzene rings is 1. The van der Waals surface area contributed by atoms with E-state index in [4.69, 9.17) is 11.1 Å². The van der Waals surface area contributed by atoms with Crippen molar-refractivity contribution in [2.24, 2.45) is 4.99 Å². The number of aromatic nitrogens is 1. The summed E-state index contributed by atoms with van der Waals surface area (Å²) >= 11 is 0. The van der Waals surface area contributed by atoms with Crippen LogP contribution in [0, 0.1) is 5.41 Å². The maximum absolute atomic E-state index is 6.94. The van der Waals surface area contributed by atoms with Gasteiger partial charge in [0.25, 0.3) is 0 Å². The summed E-state index contributed by atoms with van der Waals surface area (Å²) in [5.74, 6) is 0. The average molecular weight is 407 g/mol. The molecule has 0 spiro atoms. The van der Waals surface area contributed by atoms with E-state index in [1.165, 1.54) is 12.1 Å². The Hall–Kier alpha value is -2.99. The van der Waals surface area contributed by atoms with E-state index in [0.717, 1.165) is 62.3 Å². The Kier molecular flexibility index (Phi) is 9.74. The fraction of sp³-hybridized carbons (Fsp3) is 0.375. The van der Waals surface area contributed by atoms with Gasteiger partial charge in [-0.25, -0.2) is 4.99 Å². The predicted molar refractivity (Wildman–Crippen MR) is 129 cm³/mol. The molecule has 30 heavy (non-hydrogen) atoms. The molecule has 3 rings (SSSR count). The van der Waals surface area contributed by atoms with E-state index in [-0.39, 0.29) is 0 Å². The number of hydrogen-bond donors (Lipinski definition) is 2. The maximum atomic E-state index is 6.94. The topological polar surface area (TPSA) is 81.6 Å². The normalized spacial score (nSPS) is 14.6. The first-order valence-electron chi connectivity index (χ1n) is 10.5. The minimum atomic E-state index is 0.685. The predicted octanol–water partition coefficient (Wildman–Crippen LogP) is 4.03. The van der Waals surface area contributed by atoms with E-state index in [1.54, 1.807) is 12.3 Å². The Balaban J connectivity index is 0.000000215. The smallest absolute Gasteiger partial charge is 0.107 e. The van der Waals surface area contributed by atoms with Crippen molar-refractivity contribution in [3.05, 3.63) is 66.5 Å². The standard InChI is InChI=1S/C13H17N3.C11H17N3/c1-3-5-6-12-8-7-11(9-15-12)13(4-2)16-10-14;1-13-6-8-14(9-7-13)11-4-2-10(12)3-5-11/h4,7-10,14H,2-3,5-6H2,1H3;2-5H,6-9,12H2,1H3. The number of nitrogens with two attached hydrogens (primary N) is 1. The largest absolute Gasteiger partial charge is 0.399 e. The lowest BCUT2D eigenvalue weighted by molar-refractivity contribution is 0.313. The van der Waals surface area contributed by atoms with Crippen LogP contribution in [0.4, 0.5) is 11.4 Å². The highest BCUT2D eigenvalue weighted by atomic mass is 15.2. The monoisotopic (exact) mass is 406 g/mol. The van der Waals surface area contributed by atoms with Crippen molar-refractivity contribution >= 4 is 23.4 Å². The van der Waals surface area contributed by atoms with Crippen LogP contribution in [0.2, 0.25) is 0 Å². The molecule has 6 heteroatoms. The van der Waals surface area contributed by atoms with Crippen LogP contribution < -0.4 is 10.6 Å². The first-order valence-corrected chi connectivity index (χ1v) is 10.5. The highest BCUT2D eigenvalue weighted by Crippen LogP contribution is 2.17. The molecule has 1 aromatic carbocycles. The van der Waals surface area contributed by atoms with Gasteiger partial charge in [-0.15, -0.1) is 0 Å². The Labute approximate surface area is 180 Å². The number of anilines is 2. The molecule has 0 atom stereocenters.